The van der Waals surface area contributed by atoms with Crippen LogP contribution in [0.15, 0.2) is 0 Å². The Hall–Kier alpha value is 0.0400. The zero-order valence-electron chi connectivity index (χ0n) is 16.4. The van der Waals surface area contributed by atoms with Crippen LogP contribution >= 0.6 is 27.5 Å². The van der Waals surface area contributed by atoms with E-state index in [-0.39, 0.29) is 23.2 Å². The summed E-state index contributed by atoms with van der Waals surface area (Å²) >= 11 is 9.68. The minimum Gasteiger partial charge on any atom is -0.391 e. The molecule has 0 heterocycles. The van der Waals surface area contributed by atoms with Crippen LogP contribution < -0.4 is 10.0 Å². The minimum absolute atomic E-state index is 0.0989. The van der Waals surface area contributed by atoms with Crippen LogP contribution in [0.25, 0.3) is 0 Å². The number of carbonyl (C=O) groups is 1. The first-order valence-electron chi connectivity index (χ1n) is 10.6. The Morgan fingerprint density at radius 3 is 2.48 bits per heavy atom. The van der Waals surface area contributed by atoms with E-state index >= 15 is 0 Å². The van der Waals surface area contributed by atoms with Gasteiger partial charge >= 0.3 is 0 Å². The molecule has 0 aromatic carbocycles. The minimum atomic E-state index is -3.76. The molecule has 0 radical (unpaired) electrons. The van der Waals surface area contributed by atoms with Gasteiger partial charge in [0.25, 0.3) is 0 Å². The van der Waals surface area contributed by atoms with E-state index in [0.717, 1.165) is 12.8 Å². The predicted octanol–water partition coefficient (Wildman–Crippen LogP) is 2.76. The summed E-state index contributed by atoms with van der Waals surface area (Å²) in [6.45, 7) is 0. The zero-order valence-corrected chi connectivity index (χ0v) is 19.6. The number of hydrogen-bond donors (Lipinski definition) is 3. The van der Waals surface area contributed by atoms with Gasteiger partial charge in [-0.25, -0.2) is 17.5 Å². The molecule has 0 spiro atoms. The van der Waals surface area contributed by atoms with Crippen LogP contribution in [0, 0.1) is 5.92 Å². The lowest BCUT2D eigenvalue weighted by molar-refractivity contribution is -0.126. The fraction of sp³-hybridized carbons (Fsp3) is 0.947. The van der Waals surface area contributed by atoms with E-state index < -0.39 is 44.9 Å². The Labute approximate surface area is 185 Å². The average Bonchev–Trinajstić information content (AvgIpc) is 2.66. The number of nitrogens with one attached hydrogen (secondary N) is 2. The van der Waals surface area contributed by atoms with E-state index in [2.05, 4.69) is 26.0 Å². The van der Waals surface area contributed by atoms with E-state index in [1.807, 2.05) is 0 Å². The monoisotopic (exact) mass is 516 g/mol. The molecule has 0 bridgehead atoms. The molecule has 3 aliphatic carbocycles. The molecule has 3 saturated carbocycles. The maximum absolute atomic E-state index is 13.6. The van der Waals surface area contributed by atoms with Crippen molar-refractivity contribution >= 4 is 43.5 Å². The van der Waals surface area contributed by atoms with E-state index in [1.165, 1.54) is 0 Å². The van der Waals surface area contributed by atoms with E-state index in [9.17, 15) is 22.7 Å². The van der Waals surface area contributed by atoms with E-state index in [4.69, 9.17) is 11.6 Å². The second-order valence-corrected chi connectivity index (χ2v) is 12.4. The lowest BCUT2D eigenvalue weighted by Gasteiger charge is -2.36. The van der Waals surface area contributed by atoms with Crippen LogP contribution in [0.5, 0.6) is 0 Å². The molecule has 0 aliphatic heterocycles. The predicted molar refractivity (Wildman–Crippen MR) is 114 cm³/mol. The topological polar surface area (TPSA) is 95.5 Å². The fourth-order valence-corrected chi connectivity index (χ4v) is 7.96. The second kappa shape index (κ2) is 10.1. The number of aliphatic hydroxyl groups excluding tert-OH is 1. The number of carbonyl (C=O) groups excluding carboxylic acids is 1. The average molecular weight is 518 g/mol. The number of sulfonamides is 1. The van der Waals surface area contributed by atoms with Crippen LogP contribution in [0.1, 0.15) is 64.2 Å². The van der Waals surface area contributed by atoms with Crippen molar-refractivity contribution in [1.82, 2.24) is 10.0 Å². The van der Waals surface area contributed by atoms with Gasteiger partial charge < -0.3 is 10.4 Å². The van der Waals surface area contributed by atoms with Crippen molar-refractivity contribution < 1.29 is 22.7 Å². The number of alkyl halides is 3. The first-order valence-corrected chi connectivity index (χ1v) is 13.5. The van der Waals surface area contributed by atoms with Gasteiger partial charge in [-0.1, -0.05) is 28.8 Å². The van der Waals surface area contributed by atoms with Crippen LogP contribution in [0.3, 0.4) is 0 Å². The molecule has 8 unspecified atom stereocenters. The highest BCUT2D eigenvalue weighted by molar-refractivity contribution is 9.09. The third-order valence-electron chi connectivity index (χ3n) is 6.57. The number of hydrogen-bond acceptors (Lipinski definition) is 4. The van der Waals surface area contributed by atoms with Crippen molar-refractivity contribution in [3.63, 3.8) is 0 Å². The summed E-state index contributed by atoms with van der Waals surface area (Å²) in [5.74, 6) is -0.604. The molecule has 0 aromatic heterocycles. The van der Waals surface area contributed by atoms with Crippen molar-refractivity contribution in [3.05, 3.63) is 0 Å². The van der Waals surface area contributed by atoms with Gasteiger partial charge in [0.15, 0.2) is 0 Å². The molecule has 8 atom stereocenters. The highest BCUT2D eigenvalue weighted by Gasteiger charge is 2.42. The third-order valence-corrected chi connectivity index (χ3v) is 10.1. The maximum atomic E-state index is 13.6. The summed E-state index contributed by atoms with van der Waals surface area (Å²) in [4.78, 5) is 12.5. The van der Waals surface area contributed by atoms with Crippen molar-refractivity contribution in [2.24, 2.45) is 5.92 Å². The smallest absolute Gasteiger partial charge is 0.223 e. The number of halogens is 3. The molecule has 0 aromatic rings. The summed E-state index contributed by atoms with van der Waals surface area (Å²) in [7, 11) is -3.76. The molecule has 10 heteroatoms. The van der Waals surface area contributed by atoms with Gasteiger partial charge in [-0.3, -0.25) is 4.79 Å². The normalized spacial score (nSPS) is 41.7. The van der Waals surface area contributed by atoms with Crippen LogP contribution in [0.2, 0.25) is 0 Å². The second-order valence-electron chi connectivity index (χ2n) is 8.74. The lowest BCUT2D eigenvalue weighted by Crippen LogP contribution is -2.53. The zero-order chi connectivity index (χ0) is 21.2. The Morgan fingerprint density at radius 1 is 1.07 bits per heavy atom. The quantitative estimate of drug-likeness (QED) is 0.489. The SMILES string of the molecule is O=C(NC1CCC(F)C(Br)C1)C1CCC(Cl)C(S(=O)(=O)NC2CCCCC2O)C1. The number of aliphatic hydroxyl groups is 1. The molecule has 1 amide bonds. The molecular formula is C19H31BrClFN2O4S. The lowest BCUT2D eigenvalue weighted by atomic mass is 9.87. The Bertz CT molecular complexity index is 685. The van der Waals surface area contributed by atoms with Gasteiger partial charge in [-0.15, -0.1) is 11.6 Å². The Morgan fingerprint density at radius 2 is 1.79 bits per heavy atom. The molecule has 6 nitrogen and oxygen atoms in total. The van der Waals surface area contributed by atoms with E-state index in [0.29, 0.717) is 44.9 Å². The van der Waals surface area contributed by atoms with Crippen molar-refractivity contribution in [2.45, 2.75) is 104 Å². The van der Waals surface area contributed by atoms with Gasteiger partial charge in [0.1, 0.15) is 6.17 Å². The highest BCUT2D eigenvalue weighted by Crippen LogP contribution is 2.34. The molecule has 3 aliphatic rings. The fourth-order valence-electron chi connectivity index (χ4n) is 4.73. The molecule has 29 heavy (non-hydrogen) atoms. The van der Waals surface area contributed by atoms with Gasteiger partial charge in [-0.05, 0) is 51.4 Å². The first kappa shape index (κ1) is 23.7. The summed E-state index contributed by atoms with van der Waals surface area (Å²) < 4.78 is 42.2. The van der Waals surface area contributed by atoms with Crippen LogP contribution in [-0.4, -0.2) is 59.2 Å². The summed E-state index contributed by atoms with van der Waals surface area (Å²) in [5.41, 5.74) is 0. The van der Waals surface area contributed by atoms with Crippen molar-refractivity contribution in [3.8, 4) is 0 Å². The molecule has 0 saturated heterocycles. The highest BCUT2D eigenvalue weighted by atomic mass is 79.9. The summed E-state index contributed by atoms with van der Waals surface area (Å²) in [6.07, 6.45) is 4.03. The first-order chi connectivity index (χ1) is 13.7. The molecule has 3 rings (SSSR count). The van der Waals surface area contributed by atoms with Crippen LogP contribution in [0.4, 0.5) is 4.39 Å². The van der Waals surface area contributed by atoms with Crippen LogP contribution in [-0.2, 0) is 14.8 Å². The van der Waals surface area contributed by atoms with Gasteiger partial charge in [0.05, 0.1) is 16.7 Å². The summed E-state index contributed by atoms with van der Waals surface area (Å²) in [5, 5.41) is 11.7. The van der Waals surface area contributed by atoms with Gasteiger partial charge in [0, 0.05) is 22.8 Å². The third kappa shape index (κ3) is 6.05. The van der Waals surface area contributed by atoms with Crippen molar-refractivity contribution in [1.29, 1.82) is 0 Å². The van der Waals surface area contributed by atoms with Gasteiger partial charge in [-0.2, -0.15) is 0 Å². The maximum Gasteiger partial charge on any atom is 0.223 e. The summed E-state index contributed by atoms with van der Waals surface area (Å²) in [6, 6.07) is -0.586. The Kier molecular flexibility index (Phi) is 8.26. The van der Waals surface area contributed by atoms with Gasteiger partial charge in [0.2, 0.25) is 15.9 Å². The standard InChI is InChI=1S/C19H31BrClFN2O4S/c20-13-10-12(6-8-15(13)22)23-19(26)11-5-7-14(21)18(9-11)29(27,28)24-16-3-1-2-4-17(16)25/h11-18,24-25H,1-10H2,(H,23,26). The number of amides is 1. The Balaban J connectivity index is 1.59. The van der Waals surface area contributed by atoms with E-state index in [1.54, 1.807) is 0 Å². The molecule has 168 valence electrons. The largest absolute Gasteiger partial charge is 0.391 e. The number of rotatable bonds is 5. The molecule has 3 fully saturated rings. The van der Waals surface area contributed by atoms with Crippen molar-refractivity contribution in [2.75, 3.05) is 0 Å². The molecule has 3 N–H and O–H groups in total. The molecular weight excluding hydrogens is 487 g/mol.